The van der Waals surface area contributed by atoms with E-state index in [0.717, 1.165) is 10.8 Å². The summed E-state index contributed by atoms with van der Waals surface area (Å²) >= 11 is 2.26. The minimum absolute atomic E-state index is 0.326. The first-order valence-corrected chi connectivity index (χ1v) is 7.42. The monoisotopic (exact) mass is 357 g/mol. The Morgan fingerprint density at radius 2 is 1.88 bits per heavy atom. The number of alkyl carbamates (subject to hydrolysis) is 1. The van der Waals surface area contributed by atoms with Gasteiger partial charge < -0.3 is 14.8 Å². The van der Waals surface area contributed by atoms with Gasteiger partial charge in [0, 0.05) is 11.0 Å². The molecular formula is C12H24INO3. The molecule has 1 amide bonds. The van der Waals surface area contributed by atoms with Crippen molar-refractivity contribution in [3.8, 4) is 0 Å². The Balaban J connectivity index is 4.09. The number of hydrogen-bond donors (Lipinski definition) is 1. The zero-order valence-corrected chi connectivity index (χ0v) is 13.6. The smallest absolute Gasteiger partial charge is 0.407 e. The van der Waals surface area contributed by atoms with E-state index in [1.54, 1.807) is 0 Å². The molecule has 0 bridgehead atoms. The fourth-order valence-corrected chi connectivity index (χ4v) is 1.55. The number of carbonyl (C=O) groups is 1. The van der Waals surface area contributed by atoms with Gasteiger partial charge in [0.05, 0.1) is 12.1 Å². The second-order valence-electron chi connectivity index (χ2n) is 5.29. The average Bonchev–Trinajstić information content (AvgIpc) is 2.21. The van der Waals surface area contributed by atoms with Crippen LogP contribution in [-0.4, -0.2) is 34.9 Å². The van der Waals surface area contributed by atoms with Crippen molar-refractivity contribution in [2.45, 2.75) is 52.2 Å². The van der Waals surface area contributed by atoms with Crippen LogP contribution in [0.25, 0.3) is 0 Å². The van der Waals surface area contributed by atoms with Gasteiger partial charge in [-0.25, -0.2) is 4.79 Å². The molecule has 0 rings (SSSR count). The molecule has 0 radical (unpaired) electrons. The first-order valence-electron chi connectivity index (χ1n) is 5.89. The molecule has 1 atom stereocenters. The number of amides is 1. The van der Waals surface area contributed by atoms with E-state index in [9.17, 15) is 4.79 Å². The molecule has 1 unspecified atom stereocenters. The second-order valence-corrected chi connectivity index (χ2v) is 6.05. The minimum Gasteiger partial charge on any atom is -0.444 e. The summed E-state index contributed by atoms with van der Waals surface area (Å²) in [5, 5.41) is 2.75. The zero-order valence-electron chi connectivity index (χ0n) is 11.4. The molecule has 4 nitrogen and oxygen atoms in total. The maximum Gasteiger partial charge on any atom is 0.407 e. The van der Waals surface area contributed by atoms with E-state index in [-0.39, 0.29) is 5.60 Å². The van der Waals surface area contributed by atoms with Gasteiger partial charge in [-0.05, 0) is 34.1 Å². The summed E-state index contributed by atoms with van der Waals surface area (Å²) in [5.74, 6) is 0. The van der Waals surface area contributed by atoms with E-state index in [1.165, 1.54) is 0 Å². The Labute approximate surface area is 118 Å². The predicted molar refractivity (Wildman–Crippen MR) is 77.8 cm³/mol. The summed E-state index contributed by atoms with van der Waals surface area (Å²) < 4.78 is 11.7. The van der Waals surface area contributed by atoms with Crippen molar-refractivity contribution < 1.29 is 14.3 Å². The number of rotatable bonds is 6. The number of hydrogen-bond acceptors (Lipinski definition) is 3. The van der Waals surface area contributed by atoms with Crippen molar-refractivity contribution in [3.05, 3.63) is 0 Å². The van der Waals surface area contributed by atoms with Gasteiger partial charge in [-0.15, -0.1) is 0 Å². The third-order valence-electron chi connectivity index (χ3n) is 1.94. The van der Waals surface area contributed by atoms with Crippen molar-refractivity contribution in [2.24, 2.45) is 0 Å². The highest BCUT2D eigenvalue weighted by molar-refractivity contribution is 14.1. The van der Waals surface area contributed by atoms with Crippen LogP contribution in [0.3, 0.4) is 0 Å². The van der Waals surface area contributed by atoms with E-state index < -0.39 is 11.7 Å². The van der Waals surface area contributed by atoms with Crippen LogP contribution < -0.4 is 5.32 Å². The van der Waals surface area contributed by atoms with Crippen molar-refractivity contribution in [3.63, 3.8) is 0 Å². The summed E-state index contributed by atoms with van der Waals surface area (Å²) in [6.07, 6.45) is 0.576. The molecule has 0 aromatic heterocycles. The van der Waals surface area contributed by atoms with Gasteiger partial charge in [0.25, 0.3) is 0 Å². The summed E-state index contributed by atoms with van der Waals surface area (Å²) in [4.78, 5) is 11.5. The highest BCUT2D eigenvalue weighted by Gasteiger charge is 2.25. The minimum atomic E-state index is -0.463. The Bertz CT molecular complexity index is 240. The van der Waals surface area contributed by atoms with E-state index in [1.807, 2.05) is 27.7 Å². The van der Waals surface area contributed by atoms with Gasteiger partial charge in [-0.2, -0.15) is 0 Å². The lowest BCUT2D eigenvalue weighted by atomic mass is 10.1. The SMILES string of the molecule is CCCOC(C)(CI)CNC(=O)OC(C)(C)C. The van der Waals surface area contributed by atoms with Gasteiger partial charge in [0.15, 0.2) is 0 Å². The topological polar surface area (TPSA) is 47.6 Å². The number of nitrogens with one attached hydrogen (secondary N) is 1. The van der Waals surface area contributed by atoms with Crippen LogP contribution in [-0.2, 0) is 9.47 Å². The maximum absolute atomic E-state index is 11.5. The molecule has 5 heteroatoms. The molecule has 0 aliphatic heterocycles. The molecule has 102 valence electrons. The zero-order chi connectivity index (χ0) is 13.5. The summed E-state index contributed by atoms with van der Waals surface area (Å²) in [7, 11) is 0. The summed E-state index contributed by atoms with van der Waals surface area (Å²) in [5.41, 5.74) is -0.789. The molecule has 0 aromatic carbocycles. The predicted octanol–water partition coefficient (Wildman–Crippen LogP) is 3.13. The highest BCUT2D eigenvalue weighted by Crippen LogP contribution is 2.14. The quantitative estimate of drug-likeness (QED) is 0.587. The number of alkyl halides is 1. The fourth-order valence-electron chi connectivity index (χ4n) is 1.06. The molecule has 17 heavy (non-hydrogen) atoms. The van der Waals surface area contributed by atoms with Crippen LogP contribution >= 0.6 is 22.6 Å². The molecule has 0 aromatic rings. The van der Waals surface area contributed by atoms with Crippen molar-refractivity contribution >= 4 is 28.7 Å². The van der Waals surface area contributed by atoms with Gasteiger partial charge in [-0.1, -0.05) is 29.5 Å². The molecule has 0 spiro atoms. The van der Waals surface area contributed by atoms with Crippen LogP contribution in [0, 0.1) is 0 Å². The Morgan fingerprint density at radius 1 is 1.29 bits per heavy atom. The fraction of sp³-hybridized carbons (Fsp3) is 0.917. The third kappa shape index (κ3) is 8.65. The summed E-state index contributed by atoms with van der Waals surface area (Å²) in [6, 6.07) is 0. The third-order valence-corrected chi connectivity index (χ3v) is 3.56. The van der Waals surface area contributed by atoms with Crippen LogP contribution in [0.5, 0.6) is 0 Å². The maximum atomic E-state index is 11.5. The molecule has 0 saturated heterocycles. The molecule has 0 fully saturated rings. The standard InChI is InChI=1S/C12H24INO3/c1-6-7-16-12(5,8-13)9-14-10(15)17-11(2,3)4/h6-9H2,1-5H3,(H,14,15). The van der Waals surface area contributed by atoms with E-state index in [0.29, 0.717) is 13.2 Å². The van der Waals surface area contributed by atoms with Gasteiger partial charge in [0.1, 0.15) is 5.60 Å². The number of ether oxygens (including phenoxy) is 2. The Morgan fingerprint density at radius 3 is 2.29 bits per heavy atom. The van der Waals surface area contributed by atoms with E-state index >= 15 is 0 Å². The van der Waals surface area contributed by atoms with Gasteiger partial charge >= 0.3 is 6.09 Å². The molecule has 0 heterocycles. The molecule has 0 aliphatic rings. The number of halogens is 1. The first-order chi connectivity index (χ1) is 7.72. The van der Waals surface area contributed by atoms with Gasteiger partial charge in [-0.3, -0.25) is 0 Å². The lowest BCUT2D eigenvalue weighted by Crippen LogP contribution is -2.45. The lowest BCUT2D eigenvalue weighted by molar-refractivity contribution is -0.0134. The Hall–Kier alpha value is -0.0400. The van der Waals surface area contributed by atoms with Crippen LogP contribution in [0.1, 0.15) is 41.0 Å². The van der Waals surface area contributed by atoms with Crippen molar-refractivity contribution in [1.82, 2.24) is 5.32 Å². The first kappa shape index (κ1) is 17.0. The van der Waals surface area contributed by atoms with E-state index in [4.69, 9.17) is 9.47 Å². The van der Waals surface area contributed by atoms with Crippen molar-refractivity contribution in [1.29, 1.82) is 0 Å². The number of carbonyl (C=O) groups excluding carboxylic acids is 1. The molecule has 0 aliphatic carbocycles. The highest BCUT2D eigenvalue weighted by atomic mass is 127. The summed E-state index contributed by atoms with van der Waals surface area (Å²) in [6.45, 7) is 10.8. The molecule has 1 N–H and O–H groups in total. The average molecular weight is 357 g/mol. The largest absolute Gasteiger partial charge is 0.444 e. The van der Waals surface area contributed by atoms with Crippen LogP contribution in [0.15, 0.2) is 0 Å². The van der Waals surface area contributed by atoms with Crippen molar-refractivity contribution in [2.75, 3.05) is 17.6 Å². The van der Waals surface area contributed by atoms with Crippen LogP contribution in [0.2, 0.25) is 0 Å². The van der Waals surface area contributed by atoms with Gasteiger partial charge in [0.2, 0.25) is 0 Å². The normalized spacial score (nSPS) is 15.2. The second kappa shape index (κ2) is 7.41. The molecular weight excluding hydrogens is 333 g/mol. The van der Waals surface area contributed by atoms with E-state index in [2.05, 4.69) is 34.8 Å². The molecule has 0 saturated carbocycles. The Kier molecular flexibility index (Phi) is 7.39. The van der Waals surface area contributed by atoms with Crippen LogP contribution in [0.4, 0.5) is 4.79 Å². The lowest BCUT2D eigenvalue weighted by Gasteiger charge is -2.29.